The molecule has 0 unspecified atom stereocenters. The minimum atomic E-state index is -0.389. The van der Waals surface area contributed by atoms with Crippen LogP contribution >= 0.6 is 38.5 Å². The third kappa shape index (κ3) is 2.55. The first-order valence-corrected chi connectivity index (χ1v) is 7.27. The van der Waals surface area contributed by atoms with E-state index in [1.54, 1.807) is 6.20 Å². The molecular formula is C11H14BBrINO2. The van der Waals surface area contributed by atoms with E-state index in [1.807, 2.05) is 33.8 Å². The van der Waals surface area contributed by atoms with Gasteiger partial charge in [0.15, 0.2) is 0 Å². The Kier molecular flexibility index (Phi) is 3.62. The Labute approximate surface area is 124 Å². The molecule has 0 bridgehead atoms. The Morgan fingerprint density at radius 1 is 1.24 bits per heavy atom. The average molecular weight is 410 g/mol. The summed E-state index contributed by atoms with van der Waals surface area (Å²) in [6.07, 6.45) is 1.77. The molecule has 6 heteroatoms. The van der Waals surface area contributed by atoms with E-state index < -0.39 is 0 Å². The molecule has 0 amide bonds. The molecule has 1 aromatic rings. The lowest BCUT2D eigenvalue weighted by Gasteiger charge is -2.32. The van der Waals surface area contributed by atoms with Gasteiger partial charge in [0, 0.05) is 14.2 Å². The van der Waals surface area contributed by atoms with Crippen LogP contribution in [0.2, 0.25) is 0 Å². The molecule has 1 aliphatic heterocycles. The smallest absolute Gasteiger partial charge is 0.398 e. The van der Waals surface area contributed by atoms with Crippen molar-refractivity contribution in [2.45, 2.75) is 38.9 Å². The van der Waals surface area contributed by atoms with Gasteiger partial charge in [0.2, 0.25) is 0 Å². The largest absolute Gasteiger partial charge is 0.515 e. The molecule has 0 atom stereocenters. The van der Waals surface area contributed by atoms with E-state index >= 15 is 0 Å². The number of aromatic nitrogens is 1. The summed E-state index contributed by atoms with van der Waals surface area (Å²) >= 11 is 5.65. The lowest BCUT2D eigenvalue weighted by Crippen LogP contribution is -2.41. The lowest BCUT2D eigenvalue weighted by atomic mass is 9.84. The molecule has 0 aliphatic carbocycles. The molecule has 1 aromatic heterocycles. The SMILES string of the molecule is CC1(C)OB(c2ncc(Br)cc2I)OC1(C)C. The lowest BCUT2D eigenvalue weighted by molar-refractivity contribution is 0.00578. The standard InChI is InChI=1S/C11H14BBrINO2/c1-10(2)11(3,4)17-12(16-10)9-8(14)5-7(13)6-15-9/h5-6H,1-4H3. The molecule has 0 saturated carbocycles. The Balaban J connectivity index is 2.32. The van der Waals surface area contributed by atoms with Crippen LogP contribution in [0.4, 0.5) is 0 Å². The van der Waals surface area contributed by atoms with Gasteiger partial charge in [0.05, 0.1) is 16.8 Å². The molecule has 0 radical (unpaired) electrons. The van der Waals surface area contributed by atoms with E-state index in [0.717, 1.165) is 13.6 Å². The molecule has 0 spiro atoms. The summed E-state index contributed by atoms with van der Waals surface area (Å²) in [5.74, 6) is 0. The molecule has 2 rings (SSSR count). The van der Waals surface area contributed by atoms with E-state index in [-0.39, 0.29) is 18.3 Å². The number of pyridine rings is 1. The van der Waals surface area contributed by atoms with Gasteiger partial charge in [0.1, 0.15) is 0 Å². The highest BCUT2D eigenvalue weighted by molar-refractivity contribution is 14.1. The van der Waals surface area contributed by atoms with Gasteiger partial charge in [-0.15, -0.1) is 0 Å². The van der Waals surface area contributed by atoms with Gasteiger partial charge in [-0.05, 0) is 72.3 Å². The van der Waals surface area contributed by atoms with Crippen LogP contribution in [0.3, 0.4) is 0 Å². The monoisotopic (exact) mass is 409 g/mol. The van der Waals surface area contributed by atoms with Gasteiger partial charge < -0.3 is 9.31 Å². The second kappa shape index (κ2) is 4.47. The van der Waals surface area contributed by atoms with Crippen LogP contribution in [0.25, 0.3) is 0 Å². The second-order valence-corrected chi connectivity index (χ2v) is 7.19. The van der Waals surface area contributed by atoms with Gasteiger partial charge in [-0.1, -0.05) is 0 Å². The van der Waals surface area contributed by atoms with Crippen LogP contribution in [-0.4, -0.2) is 23.3 Å². The quantitative estimate of drug-likeness (QED) is 0.528. The van der Waals surface area contributed by atoms with E-state index in [4.69, 9.17) is 9.31 Å². The van der Waals surface area contributed by atoms with E-state index in [0.29, 0.717) is 0 Å². The summed E-state index contributed by atoms with van der Waals surface area (Å²) in [7, 11) is -0.389. The third-order valence-corrected chi connectivity index (χ3v) is 4.61. The molecule has 0 aromatic carbocycles. The van der Waals surface area contributed by atoms with Gasteiger partial charge >= 0.3 is 7.12 Å². The van der Waals surface area contributed by atoms with Crippen molar-refractivity contribution in [3.8, 4) is 0 Å². The van der Waals surface area contributed by atoms with Gasteiger partial charge in [-0.3, -0.25) is 4.98 Å². The minimum Gasteiger partial charge on any atom is -0.398 e. The molecule has 1 aliphatic rings. The normalized spacial score (nSPS) is 21.9. The van der Waals surface area contributed by atoms with Crippen LogP contribution in [0.15, 0.2) is 16.7 Å². The fourth-order valence-corrected chi connectivity index (χ4v) is 3.04. The van der Waals surface area contributed by atoms with Crippen LogP contribution in [0.5, 0.6) is 0 Å². The maximum Gasteiger partial charge on any atom is 0.515 e. The van der Waals surface area contributed by atoms with Crippen molar-refractivity contribution in [1.82, 2.24) is 4.98 Å². The van der Waals surface area contributed by atoms with Crippen LogP contribution < -0.4 is 5.59 Å². The Morgan fingerprint density at radius 2 is 1.76 bits per heavy atom. The zero-order valence-electron chi connectivity index (χ0n) is 10.3. The Bertz CT molecular complexity index is 437. The van der Waals surface area contributed by atoms with Crippen LogP contribution in [0, 0.1) is 3.57 Å². The zero-order chi connectivity index (χ0) is 12.8. The summed E-state index contributed by atoms with van der Waals surface area (Å²) in [6.45, 7) is 8.16. The molecule has 1 saturated heterocycles. The van der Waals surface area contributed by atoms with Gasteiger partial charge in [-0.25, -0.2) is 0 Å². The predicted molar refractivity (Wildman–Crippen MR) is 80.4 cm³/mol. The summed E-state index contributed by atoms with van der Waals surface area (Å²) in [5, 5.41) is 0. The fraction of sp³-hybridized carbons (Fsp3) is 0.545. The molecule has 3 nitrogen and oxygen atoms in total. The van der Waals surface area contributed by atoms with Crippen molar-refractivity contribution in [1.29, 1.82) is 0 Å². The molecule has 2 heterocycles. The van der Waals surface area contributed by atoms with E-state index in [1.165, 1.54) is 0 Å². The predicted octanol–water partition coefficient (Wildman–Crippen LogP) is 2.75. The average Bonchev–Trinajstić information content (AvgIpc) is 2.35. The van der Waals surface area contributed by atoms with Crippen molar-refractivity contribution < 1.29 is 9.31 Å². The molecule has 92 valence electrons. The first kappa shape index (κ1) is 13.8. The van der Waals surface area contributed by atoms with Gasteiger partial charge in [0.25, 0.3) is 0 Å². The maximum atomic E-state index is 5.97. The van der Waals surface area contributed by atoms with Crippen molar-refractivity contribution in [3.63, 3.8) is 0 Å². The van der Waals surface area contributed by atoms with Crippen molar-refractivity contribution >= 4 is 51.2 Å². The highest BCUT2D eigenvalue weighted by Gasteiger charge is 2.52. The van der Waals surface area contributed by atoms with E-state index in [9.17, 15) is 0 Å². The summed E-state index contributed by atoms with van der Waals surface area (Å²) in [5.41, 5.74) is 0.192. The topological polar surface area (TPSA) is 31.4 Å². The van der Waals surface area contributed by atoms with Crippen molar-refractivity contribution in [3.05, 3.63) is 20.3 Å². The number of halogens is 2. The first-order chi connectivity index (χ1) is 7.73. The second-order valence-electron chi connectivity index (χ2n) is 5.11. The summed E-state index contributed by atoms with van der Waals surface area (Å²) < 4.78 is 13.9. The Morgan fingerprint density at radius 3 is 2.24 bits per heavy atom. The highest BCUT2D eigenvalue weighted by atomic mass is 127. The molecule has 17 heavy (non-hydrogen) atoms. The first-order valence-electron chi connectivity index (χ1n) is 5.39. The summed E-state index contributed by atoms with van der Waals surface area (Å²) in [6, 6.07) is 2.01. The van der Waals surface area contributed by atoms with E-state index in [2.05, 4.69) is 43.5 Å². The highest BCUT2D eigenvalue weighted by Crippen LogP contribution is 2.36. The summed E-state index contributed by atoms with van der Waals surface area (Å²) in [4.78, 5) is 4.39. The minimum absolute atomic E-state index is 0.324. The zero-order valence-corrected chi connectivity index (χ0v) is 14.0. The number of rotatable bonds is 1. The van der Waals surface area contributed by atoms with Gasteiger partial charge in [-0.2, -0.15) is 0 Å². The van der Waals surface area contributed by atoms with Crippen LogP contribution in [-0.2, 0) is 9.31 Å². The molecule has 1 fully saturated rings. The Hall–Kier alpha value is 0.345. The number of hydrogen-bond donors (Lipinski definition) is 0. The van der Waals surface area contributed by atoms with Crippen LogP contribution in [0.1, 0.15) is 27.7 Å². The van der Waals surface area contributed by atoms with Crippen molar-refractivity contribution in [2.75, 3.05) is 0 Å². The fourth-order valence-electron chi connectivity index (χ4n) is 1.55. The third-order valence-electron chi connectivity index (χ3n) is 3.31. The molecular weight excluding hydrogens is 396 g/mol. The van der Waals surface area contributed by atoms with Crippen molar-refractivity contribution in [2.24, 2.45) is 0 Å². The molecule has 0 N–H and O–H groups in total. The maximum absolute atomic E-state index is 5.97. The number of nitrogens with zero attached hydrogens (tertiary/aromatic N) is 1. The number of hydrogen-bond acceptors (Lipinski definition) is 3.